The lowest BCUT2D eigenvalue weighted by Crippen LogP contribution is -2.06. The van der Waals surface area contributed by atoms with Gasteiger partial charge in [0.15, 0.2) is 0 Å². The van der Waals surface area contributed by atoms with Crippen LogP contribution >= 0.6 is 0 Å². The summed E-state index contributed by atoms with van der Waals surface area (Å²) in [6.07, 6.45) is 3.21. The Morgan fingerprint density at radius 3 is 2.54 bits per heavy atom. The number of aromatic nitrogens is 3. The van der Waals surface area contributed by atoms with Crippen LogP contribution in [0.1, 0.15) is 22.9 Å². The van der Waals surface area contributed by atoms with Crippen LogP contribution in [0.4, 0.5) is 13.2 Å². The number of rotatable bonds is 6. The van der Waals surface area contributed by atoms with Gasteiger partial charge in [-0.25, -0.2) is 23.1 Å². The van der Waals surface area contributed by atoms with Gasteiger partial charge in [-0.1, -0.05) is 18.2 Å². The Morgan fingerprint density at radius 1 is 0.943 bits per heavy atom. The molecule has 3 aromatic carbocycles. The molecule has 0 fully saturated rings. The lowest BCUT2D eigenvalue weighted by molar-refractivity contribution is 0.210. The van der Waals surface area contributed by atoms with E-state index in [0.717, 1.165) is 12.1 Å². The number of fused-ring (bicyclic) bond motifs is 1. The molecule has 0 saturated heterocycles. The first kappa shape index (κ1) is 22.4. The van der Waals surface area contributed by atoms with Gasteiger partial charge in [0.2, 0.25) is 5.78 Å². The lowest BCUT2D eigenvalue weighted by atomic mass is 9.93. The number of hydrogen-bond donors (Lipinski definition) is 2. The first-order valence-electron chi connectivity index (χ1n) is 10.6. The molecule has 0 spiro atoms. The van der Waals surface area contributed by atoms with Crippen molar-refractivity contribution in [3.8, 4) is 22.6 Å². The number of benzene rings is 3. The highest BCUT2D eigenvalue weighted by molar-refractivity contribution is 5.68. The first-order chi connectivity index (χ1) is 16.9. The number of hydrogen-bond acceptors (Lipinski definition) is 5. The second-order valence-corrected chi connectivity index (χ2v) is 7.83. The summed E-state index contributed by atoms with van der Waals surface area (Å²) < 4.78 is 49.0. The van der Waals surface area contributed by atoms with Crippen LogP contribution in [0.5, 0.6) is 11.5 Å². The van der Waals surface area contributed by atoms with Crippen molar-refractivity contribution < 1.29 is 28.1 Å². The molecule has 1 atom stereocenters. The summed E-state index contributed by atoms with van der Waals surface area (Å²) >= 11 is 0. The number of imidazole rings is 1. The number of halogens is 3. The van der Waals surface area contributed by atoms with E-state index in [1.807, 2.05) is 0 Å². The van der Waals surface area contributed by atoms with Crippen molar-refractivity contribution in [2.24, 2.45) is 0 Å². The highest BCUT2D eigenvalue weighted by Gasteiger charge is 2.23. The number of ether oxygens (including phenoxy) is 1. The Labute approximate surface area is 197 Å². The summed E-state index contributed by atoms with van der Waals surface area (Å²) in [6, 6.07) is 13.1. The number of nitrogens with zero attached hydrogens (tertiary/aromatic N) is 3. The molecule has 0 aliphatic rings. The maximum Gasteiger partial charge on any atom is 0.234 e. The molecular formula is C26H18F3N3O3. The molecule has 0 aliphatic carbocycles. The van der Waals surface area contributed by atoms with Gasteiger partial charge in [0.25, 0.3) is 0 Å². The minimum absolute atomic E-state index is 0.0568. The molecule has 0 aliphatic heterocycles. The predicted octanol–water partition coefficient (Wildman–Crippen LogP) is 5.18. The lowest BCUT2D eigenvalue weighted by Gasteiger charge is -2.18. The summed E-state index contributed by atoms with van der Waals surface area (Å²) in [5.41, 5.74) is 1.13. The van der Waals surface area contributed by atoms with Crippen molar-refractivity contribution in [2.75, 3.05) is 0 Å². The van der Waals surface area contributed by atoms with Gasteiger partial charge in [0.1, 0.15) is 41.7 Å². The van der Waals surface area contributed by atoms with Crippen molar-refractivity contribution in [3.05, 3.63) is 114 Å². The van der Waals surface area contributed by atoms with Crippen LogP contribution in [0.15, 0.2) is 79.3 Å². The van der Waals surface area contributed by atoms with E-state index in [0.29, 0.717) is 28.3 Å². The van der Waals surface area contributed by atoms with E-state index in [9.17, 15) is 23.4 Å². The summed E-state index contributed by atoms with van der Waals surface area (Å²) in [6.45, 7) is 0.0786. The average molecular weight is 477 g/mol. The number of aliphatic hydroxyl groups is 1. The smallest absolute Gasteiger partial charge is 0.234 e. The van der Waals surface area contributed by atoms with E-state index >= 15 is 0 Å². The Bertz CT molecular complexity index is 1520. The Balaban J connectivity index is 1.48. The van der Waals surface area contributed by atoms with Crippen LogP contribution in [0, 0.1) is 17.5 Å². The zero-order valence-corrected chi connectivity index (χ0v) is 18.1. The van der Waals surface area contributed by atoms with E-state index < -0.39 is 29.3 Å². The van der Waals surface area contributed by atoms with Gasteiger partial charge < -0.3 is 14.9 Å². The van der Waals surface area contributed by atoms with E-state index in [4.69, 9.17) is 4.74 Å². The molecule has 0 amide bonds. The minimum Gasteiger partial charge on any atom is -0.507 e. The van der Waals surface area contributed by atoms with Crippen LogP contribution in [-0.2, 0) is 6.61 Å². The Kier molecular flexibility index (Phi) is 5.84. The molecule has 0 radical (unpaired) electrons. The van der Waals surface area contributed by atoms with Gasteiger partial charge in [-0.3, -0.25) is 4.40 Å². The SMILES string of the molecule is Oc1cccc(F)c1C(O)c1cc(F)ccc1-c1cnc2nc(COc3cccc(F)c3)cn2c1. The third-order valence-electron chi connectivity index (χ3n) is 5.47. The van der Waals surface area contributed by atoms with E-state index in [2.05, 4.69) is 9.97 Å². The van der Waals surface area contributed by atoms with Gasteiger partial charge in [-0.05, 0) is 47.5 Å². The number of aliphatic hydroxyl groups excluding tert-OH is 1. The Hall–Kier alpha value is -4.37. The molecule has 1 unspecified atom stereocenters. The molecule has 0 saturated carbocycles. The number of phenols is 1. The van der Waals surface area contributed by atoms with Crippen molar-refractivity contribution in [1.82, 2.24) is 14.4 Å². The molecule has 0 bridgehead atoms. The maximum atomic E-state index is 14.4. The predicted molar refractivity (Wildman–Crippen MR) is 121 cm³/mol. The fraction of sp³-hybridized carbons (Fsp3) is 0.0769. The quantitative estimate of drug-likeness (QED) is 0.352. The van der Waals surface area contributed by atoms with Crippen LogP contribution in [-0.4, -0.2) is 24.6 Å². The van der Waals surface area contributed by atoms with Gasteiger partial charge in [0, 0.05) is 30.2 Å². The molecule has 5 aromatic rings. The van der Waals surface area contributed by atoms with Crippen molar-refractivity contribution >= 4 is 5.78 Å². The third kappa shape index (κ3) is 4.53. The van der Waals surface area contributed by atoms with Crippen molar-refractivity contribution in [2.45, 2.75) is 12.7 Å². The standard InChI is InChI=1S/C26H18F3N3O3/c27-16-3-1-4-19(9-16)35-14-18-13-32-12-15(11-30-26(32)31-18)20-8-7-17(28)10-21(20)25(34)24-22(29)5-2-6-23(24)33/h1-13,25,33-34H,14H2. The van der Waals surface area contributed by atoms with Gasteiger partial charge in [-0.2, -0.15) is 0 Å². The van der Waals surface area contributed by atoms with Crippen molar-refractivity contribution in [3.63, 3.8) is 0 Å². The second-order valence-electron chi connectivity index (χ2n) is 7.83. The maximum absolute atomic E-state index is 14.4. The van der Waals surface area contributed by atoms with E-state index in [-0.39, 0.29) is 17.7 Å². The van der Waals surface area contributed by atoms with Gasteiger partial charge >= 0.3 is 0 Å². The summed E-state index contributed by atoms with van der Waals surface area (Å²) in [5.74, 6) is -1.59. The van der Waals surface area contributed by atoms with Crippen LogP contribution in [0.25, 0.3) is 16.9 Å². The second kappa shape index (κ2) is 9.11. The van der Waals surface area contributed by atoms with E-state index in [1.54, 1.807) is 22.9 Å². The molecule has 2 aromatic heterocycles. The minimum atomic E-state index is -1.63. The van der Waals surface area contributed by atoms with Gasteiger partial charge in [0.05, 0.1) is 11.3 Å². The van der Waals surface area contributed by atoms with Crippen LogP contribution in [0.3, 0.4) is 0 Å². The normalized spacial score (nSPS) is 12.1. The third-order valence-corrected chi connectivity index (χ3v) is 5.47. The molecule has 5 rings (SSSR count). The highest BCUT2D eigenvalue weighted by Crippen LogP contribution is 2.37. The zero-order valence-electron chi connectivity index (χ0n) is 18.1. The van der Waals surface area contributed by atoms with Crippen LogP contribution < -0.4 is 4.74 Å². The molecular weight excluding hydrogens is 459 g/mol. The molecule has 6 nitrogen and oxygen atoms in total. The monoisotopic (exact) mass is 477 g/mol. The topological polar surface area (TPSA) is 79.9 Å². The summed E-state index contributed by atoms with van der Waals surface area (Å²) in [5, 5.41) is 21.0. The van der Waals surface area contributed by atoms with Gasteiger partial charge in [-0.15, -0.1) is 0 Å². The number of aromatic hydroxyl groups is 1. The van der Waals surface area contributed by atoms with E-state index in [1.165, 1.54) is 48.7 Å². The average Bonchev–Trinajstić information content (AvgIpc) is 3.25. The fourth-order valence-electron chi connectivity index (χ4n) is 3.83. The number of phenolic OH excluding ortho intramolecular Hbond substituents is 1. The summed E-state index contributed by atoms with van der Waals surface area (Å²) in [4.78, 5) is 8.68. The Morgan fingerprint density at radius 2 is 1.74 bits per heavy atom. The fourth-order valence-corrected chi connectivity index (χ4v) is 3.83. The zero-order chi connectivity index (χ0) is 24.5. The highest BCUT2D eigenvalue weighted by atomic mass is 19.1. The molecule has 176 valence electrons. The van der Waals surface area contributed by atoms with Crippen molar-refractivity contribution in [1.29, 1.82) is 0 Å². The summed E-state index contributed by atoms with van der Waals surface area (Å²) in [7, 11) is 0. The molecule has 9 heteroatoms. The first-order valence-corrected chi connectivity index (χ1v) is 10.6. The molecule has 2 N–H and O–H groups in total. The molecule has 2 heterocycles. The largest absolute Gasteiger partial charge is 0.507 e. The van der Waals surface area contributed by atoms with Crippen LogP contribution in [0.2, 0.25) is 0 Å². The molecule has 35 heavy (non-hydrogen) atoms.